The fourth-order valence-electron chi connectivity index (χ4n) is 4.28. The summed E-state index contributed by atoms with van der Waals surface area (Å²) in [5.41, 5.74) is 2.42. The maximum atomic E-state index is 13.1. The van der Waals surface area contributed by atoms with Gasteiger partial charge < -0.3 is 14.5 Å². The van der Waals surface area contributed by atoms with Crippen LogP contribution in [0.4, 0.5) is 5.82 Å². The molecule has 0 atom stereocenters. The first-order valence-corrected chi connectivity index (χ1v) is 13.6. The third-order valence-electron chi connectivity index (χ3n) is 6.36. The number of benzene rings is 2. The second-order valence-electron chi connectivity index (χ2n) is 8.89. The van der Waals surface area contributed by atoms with Crippen LogP contribution < -0.4 is 9.64 Å². The topological polar surface area (TPSA) is 127 Å². The quantitative estimate of drug-likeness (QED) is 0.348. The number of ether oxygens (including phenoxy) is 1. The fourth-order valence-corrected chi connectivity index (χ4v) is 5.18. The first kappa shape index (κ1) is 25.5. The summed E-state index contributed by atoms with van der Waals surface area (Å²) >= 11 is 0. The lowest BCUT2D eigenvalue weighted by atomic mass is 10.2. The molecule has 0 N–H and O–H groups in total. The number of sulfonamides is 1. The summed E-state index contributed by atoms with van der Waals surface area (Å²) in [4.78, 5) is 25.9. The predicted octanol–water partition coefficient (Wildman–Crippen LogP) is 1.82. The average molecular weight is 537 g/mol. The predicted molar refractivity (Wildman–Crippen MR) is 141 cm³/mol. The van der Waals surface area contributed by atoms with Gasteiger partial charge in [-0.25, -0.2) is 22.7 Å². The molecule has 1 aliphatic rings. The molecule has 0 bridgehead atoms. The van der Waals surface area contributed by atoms with E-state index < -0.39 is 10.0 Å². The molecule has 12 nitrogen and oxygen atoms in total. The number of hydrogen-bond acceptors (Lipinski definition) is 9. The van der Waals surface area contributed by atoms with Crippen molar-refractivity contribution in [2.24, 2.45) is 0 Å². The molecule has 4 aromatic rings. The van der Waals surface area contributed by atoms with E-state index in [1.807, 2.05) is 31.2 Å². The molecule has 2 aromatic carbocycles. The highest BCUT2D eigenvalue weighted by molar-refractivity contribution is 7.89. The van der Waals surface area contributed by atoms with Crippen molar-refractivity contribution in [3.63, 3.8) is 0 Å². The van der Waals surface area contributed by atoms with Gasteiger partial charge in [0.05, 0.1) is 17.2 Å². The second kappa shape index (κ2) is 10.3. The Hall–Kier alpha value is -4.10. The summed E-state index contributed by atoms with van der Waals surface area (Å²) in [7, 11) is -0.605. The van der Waals surface area contributed by atoms with Gasteiger partial charge >= 0.3 is 0 Å². The van der Waals surface area contributed by atoms with Crippen molar-refractivity contribution < 1.29 is 17.9 Å². The molecule has 1 amide bonds. The number of carbonyl (C=O) groups is 1. The first-order valence-electron chi connectivity index (χ1n) is 12.2. The Morgan fingerprint density at radius 1 is 0.974 bits per heavy atom. The molecule has 5 rings (SSSR count). The van der Waals surface area contributed by atoms with Crippen molar-refractivity contribution in [3.8, 4) is 11.4 Å². The van der Waals surface area contributed by atoms with Gasteiger partial charge in [-0.1, -0.05) is 5.21 Å². The largest absolute Gasteiger partial charge is 0.494 e. The summed E-state index contributed by atoms with van der Waals surface area (Å²) in [6.45, 7) is 4.60. The highest BCUT2D eigenvalue weighted by atomic mass is 32.2. The van der Waals surface area contributed by atoms with Crippen LogP contribution in [-0.4, -0.2) is 95.4 Å². The van der Waals surface area contributed by atoms with Gasteiger partial charge in [-0.3, -0.25) is 4.79 Å². The molecule has 0 aliphatic carbocycles. The second-order valence-corrected chi connectivity index (χ2v) is 11.0. The van der Waals surface area contributed by atoms with Gasteiger partial charge in [-0.15, -0.1) is 5.10 Å². The highest BCUT2D eigenvalue weighted by Crippen LogP contribution is 2.25. The van der Waals surface area contributed by atoms with Crippen molar-refractivity contribution in [2.75, 3.05) is 51.8 Å². The molecule has 0 unspecified atom stereocenters. The zero-order valence-electron chi connectivity index (χ0n) is 21.4. The summed E-state index contributed by atoms with van der Waals surface area (Å²) in [5.74, 6) is 1.29. The third-order valence-corrected chi connectivity index (χ3v) is 8.19. The van der Waals surface area contributed by atoms with Gasteiger partial charge in [0.15, 0.2) is 17.0 Å². The maximum Gasteiger partial charge on any atom is 0.253 e. The van der Waals surface area contributed by atoms with Crippen molar-refractivity contribution in [1.29, 1.82) is 0 Å². The van der Waals surface area contributed by atoms with E-state index >= 15 is 0 Å². The lowest BCUT2D eigenvalue weighted by Crippen LogP contribution is -2.49. The Bertz CT molecular complexity index is 1540. The van der Waals surface area contributed by atoms with E-state index in [2.05, 4.69) is 25.2 Å². The molecule has 198 valence electrons. The van der Waals surface area contributed by atoms with Crippen LogP contribution in [0.1, 0.15) is 17.3 Å². The van der Waals surface area contributed by atoms with E-state index in [-0.39, 0.29) is 10.8 Å². The van der Waals surface area contributed by atoms with E-state index in [0.29, 0.717) is 55.3 Å². The average Bonchev–Trinajstić information content (AvgIpc) is 3.38. The number of piperazine rings is 1. The summed E-state index contributed by atoms with van der Waals surface area (Å²) in [5, 5.41) is 8.65. The van der Waals surface area contributed by atoms with E-state index in [1.165, 1.54) is 32.6 Å². The Morgan fingerprint density at radius 2 is 1.66 bits per heavy atom. The van der Waals surface area contributed by atoms with Crippen LogP contribution in [0.15, 0.2) is 59.8 Å². The van der Waals surface area contributed by atoms with Crippen LogP contribution in [0.5, 0.6) is 5.75 Å². The number of hydrogen-bond donors (Lipinski definition) is 0. The summed E-state index contributed by atoms with van der Waals surface area (Å²) < 4.78 is 32.9. The molecule has 38 heavy (non-hydrogen) atoms. The van der Waals surface area contributed by atoms with Crippen molar-refractivity contribution in [1.82, 2.24) is 34.2 Å². The molecule has 0 radical (unpaired) electrons. The van der Waals surface area contributed by atoms with Crippen molar-refractivity contribution in [3.05, 3.63) is 60.4 Å². The number of fused-ring (bicyclic) bond motifs is 1. The van der Waals surface area contributed by atoms with Crippen LogP contribution in [0.2, 0.25) is 0 Å². The minimum atomic E-state index is -3.55. The molecule has 13 heteroatoms. The lowest BCUT2D eigenvalue weighted by Gasteiger charge is -2.35. The fraction of sp³-hybridized carbons (Fsp3) is 0.320. The lowest BCUT2D eigenvalue weighted by molar-refractivity contribution is 0.0746. The zero-order valence-corrected chi connectivity index (χ0v) is 22.2. The monoisotopic (exact) mass is 536 g/mol. The molecule has 0 saturated carbocycles. The van der Waals surface area contributed by atoms with Gasteiger partial charge in [-0.05, 0) is 55.5 Å². The molecular formula is C25H28N8O4S. The summed E-state index contributed by atoms with van der Waals surface area (Å²) in [6, 6.07) is 13.6. The number of carbonyl (C=O) groups excluding carboxylic acids is 1. The molecule has 1 aliphatic heterocycles. The summed E-state index contributed by atoms with van der Waals surface area (Å²) in [6.07, 6.45) is 1.49. The minimum absolute atomic E-state index is 0.146. The van der Waals surface area contributed by atoms with Gasteiger partial charge in [-0.2, -0.15) is 4.68 Å². The Kier molecular flexibility index (Phi) is 6.95. The third kappa shape index (κ3) is 4.77. The molecule has 3 heterocycles. The Labute approximate surface area is 220 Å². The number of aromatic nitrogens is 5. The zero-order chi connectivity index (χ0) is 26.9. The smallest absolute Gasteiger partial charge is 0.253 e. The van der Waals surface area contributed by atoms with Crippen LogP contribution in [0.25, 0.3) is 16.9 Å². The van der Waals surface area contributed by atoms with Crippen molar-refractivity contribution in [2.45, 2.75) is 11.8 Å². The maximum absolute atomic E-state index is 13.1. The molecule has 2 aromatic heterocycles. The normalized spacial score (nSPS) is 14.3. The number of nitrogens with zero attached hydrogens (tertiary/aromatic N) is 8. The van der Waals surface area contributed by atoms with Gasteiger partial charge in [0.2, 0.25) is 10.0 Å². The SMILES string of the molecule is CCOc1ccc(-n2nnc3c(N4CCN(C(=O)c5ccc(S(=O)(=O)N(C)C)cc5)CC4)ncnc32)cc1. The van der Waals surface area contributed by atoms with E-state index in [4.69, 9.17) is 4.74 Å². The van der Waals surface area contributed by atoms with E-state index in [1.54, 1.807) is 21.7 Å². The van der Waals surface area contributed by atoms with Gasteiger partial charge in [0.1, 0.15) is 12.1 Å². The Balaban J connectivity index is 1.29. The van der Waals surface area contributed by atoms with E-state index in [9.17, 15) is 13.2 Å². The molecule has 0 spiro atoms. The first-order chi connectivity index (χ1) is 18.3. The van der Waals surface area contributed by atoms with Gasteiger partial charge in [0, 0.05) is 45.8 Å². The molecular weight excluding hydrogens is 508 g/mol. The highest BCUT2D eigenvalue weighted by Gasteiger charge is 2.26. The minimum Gasteiger partial charge on any atom is -0.494 e. The number of anilines is 1. The van der Waals surface area contributed by atoms with Crippen LogP contribution in [0, 0.1) is 0 Å². The number of amides is 1. The van der Waals surface area contributed by atoms with Gasteiger partial charge in [0.25, 0.3) is 5.91 Å². The Morgan fingerprint density at radius 3 is 2.29 bits per heavy atom. The van der Waals surface area contributed by atoms with Crippen LogP contribution >= 0.6 is 0 Å². The van der Waals surface area contributed by atoms with Crippen LogP contribution in [-0.2, 0) is 10.0 Å². The molecule has 1 saturated heterocycles. The van der Waals surface area contributed by atoms with Crippen LogP contribution in [0.3, 0.4) is 0 Å². The van der Waals surface area contributed by atoms with E-state index in [0.717, 1.165) is 15.7 Å². The molecule has 1 fully saturated rings. The number of rotatable bonds is 7. The van der Waals surface area contributed by atoms with Crippen molar-refractivity contribution >= 4 is 32.9 Å². The standard InChI is InChI=1S/C25H28N8O4S/c1-4-37-20-9-7-19(8-10-20)33-24-22(28-29-33)23(26-17-27-24)31-13-15-32(16-14-31)25(34)18-5-11-21(12-6-18)38(35,36)30(2)3/h5-12,17H,4,13-16H2,1-3H3.